The Morgan fingerprint density at radius 3 is 2.50 bits per heavy atom. The SMILES string of the molecule is CO[C@H]1[C@H](C)O[C@@H](Br)C[C@@H]1OC. The van der Waals surface area contributed by atoms with Gasteiger partial charge in [0, 0.05) is 20.6 Å². The summed E-state index contributed by atoms with van der Waals surface area (Å²) < 4.78 is 16.1. The minimum absolute atomic E-state index is 0.0452. The summed E-state index contributed by atoms with van der Waals surface area (Å²) in [5.74, 6) is 0. The largest absolute Gasteiger partial charge is 0.379 e. The second-order valence-electron chi connectivity index (χ2n) is 2.96. The Morgan fingerprint density at radius 2 is 2.00 bits per heavy atom. The lowest BCUT2D eigenvalue weighted by Gasteiger charge is -2.37. The molecule has 0 aromatic heterocycles. The first-order valence-electron chi connectivity index (χ1n) is 4.04. The Bertz CT molecular complexity index is 142. The van der Waals surface area contributed by atoms with E-state index in [1.165, 1.54) is 0 Å². The Kier molecular flexibility index (Phi) is 3.96. The molecule has 0 radical (unpaired) electrons. The molecule has 1 rings (SSSR count). The molecule has 1 saturated heterocycles. The van der Waals surface area contributed by atoms with E-state index in [1.54, 1.807) is 14.2 Å². The molecule has 1 aliphatic rings. The van der Waals surface area contributed by atoms with E-state index in [0.717, 1.165) is 6.42 Å². The monoisotopic (exact) mass is 238 g/mol. The third-order valence-electron chi connectivity index (χ3n) is 2.18. The molecule has 0 N–H and O–H groups in total. The van der Waals surface area contributed by atoms with E-state index in [9.17, 15) is 0 Å². The van der Waals surface area contributed by atoms with Crippen molar-refractivity contribution in [2.45, 2.75) is 36.7 Å². The number of rotatable bonds is 2. The zero-order chi connectivity index (χ0) is 9.14. The van der Waals surface area contributed by atoms with Crippen molar-refractivity contribution < 1.29 is 14.2 Å². The van der Waals surface area contributed by atoms with Gasteiger partial charge in [-0.2, -0.15) is 0 Å². The Balaban J connectivity index is 2.56. The Hall–Kier alpha value is 0.360. The average molecular weight is 239 g/mol. The summed E-state index contributed by atoms with van der Waals surface area (Å²) in [6, 6.07) is 0. The lowest BCUT2D eigenvalue weighted by Crippen LogP contribution is -2.47. The van der Waals surface area contributed by atoms with Crippen molar-refractivity contribution >= 4 is 15.9 Å². The van der Waals surface area contributed by atoms with Crippen molar-refractivity contribution in [2.24, 2.45) is 0 Å². The lowest BCUT2D eigenvalue weighted by atomic mass is 10.0. The van der Waals surface area contributed by atoms with Gasteiger partial charge in [-0.05, 0) is 6.92 Å². The van der Waals surface area contributed by atoms with Crippen molar-refractivity contribution in [3.05, 3.63) is 0 Å². The predicted molar refractivity (Wildman–Crippen MR) is 49.5 cm³/mol. The molecule has 0 spiro atoms. The van der Waals surface area contributed by atoms with Crippen LogP contribution in [0, 0.1) is 0 Å². The predicted octanol–water partition coefficient (Wildman–Crippen LogP) is 1.55. The van der Waals surface area contributed by atoms with Gasteiger partial charge in [0.2, 0.25) is 0 Å². The van der Waals surface area contributed by atoms with Gasteiger partial charge in [0.15, 0.2) is 0 Å². The van der Waals surface area contributed by atoms with E-state index in [-0.39, 0.29) is 23.3 Å². The van der Waals surface area contributed by atoms with Crippen LogP contribution in [0.15, 0.2) is 0 Å². The number of hydrogen-bond donors (Lipinski definition) is 0. The molecule has 0 bridgehead atoms. The Labute approximate surface area is 81.5 Å². The van der Waals surface area contributed by atoms with Gasteiger partial charge in [-0.1, -0.05) is 15.9 Å². The number of alkyl halides is 1. The molecule has 0 aromatic carbocycles. The molecule has 12 heavy (non-hydrogen) atoms. The maximum Gasteiger partial charge on any atom is 0.115 e. The van der Waals surface area contributed by atoms with E-state index in [1.807, 2.05) is 6.92 Å². The van der Waals surface area contributed by atoms with Gasteiger partial charge in [-0.3, -0.25) is 0 Å². The summed E-state index contributed by atoms with van der Waals surface area (Å²) in [6.45, 7) is 1.99. The van der Waals surface area contributed by atoms with Crippen molar-refractivity contribution in [1.82, 2.24) is 0 Å². The van der Waals surface area contributed by atoms with Crippen LogP contribution < -0.4 is 0 Å². The van der Waals surface area contributed by atoms with Crippen molar-refractivity contribution in [2.75, 3.05) is 14.2 Å². The van der Waals surface area contributed by atoms with E-state index < -0.39 is 0 Å². The zero-order valence-corrected chi connectivity index (χ0v) is 9.21. The fraction of sp³-hybridized carbons (Fsp3) is 1.00. The molecule has 0 unspecified atom stereocenters. The highest BCUT2D eigenvalue weighted by Crippen LogP contribution is 2.26. The summed E-state index contributed by atoms with van der Waals surface area (Å²) >= 11 is 3.41. The van der Waals surface area contributed by atoms with Crippen LogP contribution in [0.2, 0.25) is 0 Å². The molecule has 0 aliphatic carbocycles. The summed E-state index contributed by atoms with van der Waals surface area (Å²) in [5, 5.41) is 0.0869. The first-order valence-corrected chi connectivity index (χ1v) is 4.95. The van der Waals surface area contributed by atoms with Gasteiger partial charge in [-0.25, -0.2) is 0 Å². The molecule has 3 nitrogen and oxygen atoms in total. The standard InChI is InChI=1S/C8H15BrO3/c1-5-8(11-3)6(10-2)4-7(9)12-5/h5-8H,4H2,1-3H3/t5-,6-,7+,8-/m0/s1. The highest BCUT2D eigenvalue weighted by atomic mass is 79.9. The van der Waals surface area contributed by atoms with E-state index >= 15 is 0 Å². The number of halogens is 1. The minimum Gasteiger partial charge on any atom is -0.379 e. The minimum atomic E-state index is 0.0452. The van der Waals surface area contributed by atoms with E-state index in [4.69, 9.17) is 14.2 Å². The van der Waals surface area contributed by atoms with Crippen LogP contribution >= 0.6 is 15.9 Å². The molecule has 0 amide bonds. The summed E-state index contributed by atoms with van der Waals surface area (Å²) in [4.78, 5) is 0. The van der Waals surface area contributed by atoms with Crippen LogP contribution in [-0.2, 0) is 14.2 Å². The van der Waals surface area contributed by atoms with Gasteiger partial charge in [-0.15, -0.1) is 0 Å². The first-order chi connectivity index (χ1) is 5.69. The van der Waals surface area contributed by atoms with Crippen molar-refractivity contribution in [3.8, 4) is 0 Å². The molecule has 1 aliphatic heterocycles. The molecule has 1 heterocycles. The fourth-order valence-electron chi connectivity index (χ4n) is 1.56. The van der Waals surface area contributed by atoms with Crippen molar-refractivity contribution in [1.29, 1.82) is 0 Å². The van der Waals surface area contributed by atoms with Crippen LogP contribution in [0.5, 0.6) is 0 Å². The second kappa shape index (κ2) is 4.56. The smallest absolute Gasteiger partial charge is 0.115 e. The van der Waals surface area contributed by atoms with Crippen LogP contribution in [0.3, 0.4) is 0 Å². The molecular weight excluding hydrogens is 224 g/mol. The summed E-state index contributed by atoms with van der Waals surface area (Å²) in [7, 11) is 3.39. The quantitative estimate of drug-likeness (QED) is 0.684. The first kappa shape index (κ1) is 10.4. The third kappa shape index (κ3) is 2.19. The van der Waals surface area contributed by atoms with E-state index in [2.05, 4.69) is 15.9 Å². The van der Waals surface area contributed by atoms with Gasteiger partial charge in [0.05, 0.1) is 12.2 Å². The number of methoxy groups -OCH3 is 2. The molecule has 4 heteroatoms. The van der Waals surface area contributed by atoms with Gasteiger partial charge < -0.3 is 14.2 Å². The van der Waals surface area contributed by atoms with Crippen LogP contribution in [0.4, 0.5) is 0 Å². The molecule has 1 fully saturated rings. The topological polar surface area (TPSA) is 27.7 Å². The lowest BCUT2D eigenvalue weighted by molar-refractivity contribution is -0.158. The molecule has 0 aromatic rings. The molecule has 0 saturated carbocycles. The second-order valence-corrected chi connectivity index (χ2v) is 3.98. The fourth-order valence-corrected chi connectivity index (χ4v) is 2.27. The van der Waals surface area contributed by atoms with Gasteiger partial charge >= 0.3 is 0 Å². The van der Waals surface area contributed by atoms with Crippen molar-refractivity contribution in [3.63, 3.8) is 0 Å². The summed E-state index contributed by atoms with van der Waals surface area (Å²) in [6.07, 6.45) is 1.09. The number of ether oxygens (including phenoxy) is 3. The van der Waals surface area contributed by atoms with Crippen LogP contribution in [-0.4, -0.2) is 37.5 Å². The third-order valence-corrected chi connectivity index (χ3v) is 2.77. The summed E-state index contributed by atoms with van der Waals surface area (Å²) in [5.41, 5.74) is 0. The molecular formula is C8H15BrO3. The maximum atomic E-state index is 5.53. The highest BCUT2D eigenvalue weighted by Gasteiger charge is 2.35. The molecule has 72 valence electrons. The average Bonchev–Trinajstić information content (AvgIpc) is 2.03. The van der Waals surface area contributed by atoms with Crippen LogP contribution in [0.25, 0.3) is 0 Å². The highest BCUT2D eigenvalue weighted by molar-refractivity contribution is 9.09. The maximum absolute atomic E-state index is 5.53. The number of hydrogen-bond acceptors (Lipinski definition) is 3. The van der Waals surface area contributed by atoms with Gasteiger partial charge in [0.1, 0.15) is 11.1 Å². The van der Waals surface area contributed by atoms with E-state index in [0.29, 0.717) is 0 Å². The molecule has 4 atom stereocenters. The normalized spacial score (nSPS) is 43.0. The van der Waals surface area contributed by atoms with Crippen LogP contribution in [0.1, 0.15) is 13.3 Å². The van der Waals surface area contributed by atoms with Gasteiger partial charge in [0.25, 0.3) is 0 Å². The zero-order valence-electron chi connectivity index (χ0n) is 7.62. The Morgan fingerprint density at radius 1 is 1.33 bits per heavy atom.